The van der Waals surface area contributed by atoms with E-state index in [9.17, 15) is 17.6 Å². The molecule has 0 radical (unpaired) electrons. The van der Waals surface area contributed by atoms with E-state index in [1.807, 2.05) is 0 Å². The van der Waals surface area contributed by atoms with Gasteiger partial charge in [0.05, 0.1) is 5.92 Å². The maximum Gasteiger partial charge on any atom is 0.310 e. The molecule has 10 heteroatoms. The molecule has 1 aliphatic rings. The molecular weight excluding hydrogens is 403 g/mol. The van der Waals surface area contributed by atoms with Crippen molar-refractivity contribution in [3.05, 3.63) is 41.5 Å². The van der Waals surface area contributed by atoms with Crippen LogP contribution in [0, 0.1) is 25.6 Å². The first-order valence-corrected chi connectivity index (χ1v) is 10.7. The number of aryl methyl sites for hydroxylation is 2. The number of hydrogen-bond acceptors (Lipinski definition) is 7. The zero-order valence-corrected chi connectivity index (χ0v) is 17.1. The average molecular weight is 426 g/mol. The van der Waals surface area contributed by atoms with Crippen molar-refractivity contribution in [3.8, 4) is 5.75 Å². The molecule has 158 valence electrons. The predicted molar refractivity (Wildman–Crippen MR) is 100 cm³/mol. The Morgan fingerprint density at radius 1 is 1.28 bits per heavy atom. The van der Waals surface area contributed by atoms with Crippen molar-refractivity contribution < 1.29 is 31.6 Å². The Bertz CT molecular complexity index is 938. The molecule has 3 rings (SSSR count). The minimum Gasteiger partial charge on any atom is -0.490 e. The summed E-state index contributed by atoms with van der Waals surface area (Å²) >= 11 is 0. The Morgan fingerprint density at radius 3 is 2.66 bits per heavy atom. The van der Waals surface area contributed by atoms with Gasteiger partial charge < -0.3 is 14.0 Å². The minimum atomic E-state index is -3.80. The number of benzene rings is 1. The van der Waals surface area contributed by atoms with Crippen molar-refractivity contribution in [2.24, 2.45) is 5.92 Å². The lowest BCUT2D eigenvalue weighted by atomic mass is 10.0. The number of sulfonamides is 1. The summed E-state index contributed by atoms with van der Waals surface area (Å²) in [5.41, 5.74) is 0.296. The van der Waals surface area contributed by atoms with Crippen molar-refractivity contribution in [2.45, 2.75) is 31.6 Å². The number of carbonyl (C=O) groups is 1. The van der Waals surface area contributed by atoms with Gasteiger partial charge in [-0.05, 0) is 51.0 Å². The number of halogens is 1. The highest BCUT2D eigenvalue weighted by molar-refractivity contribution is 7.89. The van der Waals surface area contributed by atoms with Crippen LogP contribution in [0.2, 0.25) is 0 Å². The molecule has 0 aliphatic carbocycles. The standard InChI is InChI=1S/C19H23FN2O6S/c1-13-18(14(2)28-21-13)29(24,25)22-9-3-4-15(12-22)19(23)27-11-10-26-17-7-5-16(20)6-8-17/h5-8,15H,3-4,9-12H2,1-2H3. The van der Waals surface area contributed by atoms with Crippen LogP contribution in [0.1, 0.15) is 24.3 Å². The largest absolute Gasteiger partial charge is 0.490 e. The van der Waals surface area contributed by atoms with Gasteiger partial charge in [0, 0.05) is 13.1 Å². The summed E-state index contributed by atoms with van der Waals surface area (Å²) < 4.78 is 55.6. The van der Waals surface area contributed by atoms with E-state index < -0.39 is 21.9 Å². The molecule has 1 unspecified atom stereocenters. The summed E-state index contributed by atoms with van der Waals surface area (Å²) in [4.78, 5) is 12.4. The van der Waals surface area contributed by atoms with Gasteiger partial charge in [-0.3, -0.25) is 4.79 Å². The zero-order valence-electron chi connectivity index (χ0n) is 16.3. The van der Waals surface area contributed by atoms with E-state index in [1.54, 1.807) is 13.8 Å². The Hall–Kier alpha value is -2.46. The second-order valence-corrected chi connectivity index (χ2v) is 8.70. The fourth-order valence-corrected chi connectivity index (χ4v) is 5.09. The molecule has 0 spiro atoms. The number of esters is 1. The highest BCUT2D eigenvalue weighted by Crippen LogP contribution is 2.28. The fourth-order valence-electron chi connectivity index (χ4n) is 3.28. The number of carbonyl (C=O) groups excluding carboxylic acids is 1. The van der Waals surface area contributed by atoms with Gasteiger partial charge in [0.25, 0.3) is 0 Å². The molecule has 2 aromatic rings. The number of aromatic nitrogens is 1. The summed E-state index contributed by atoms with van der Waals surface area (Å²) in [5.74, 6) is -0.685. The molecule has 0 amide bonds. The lowest BCUT2D eigenvalue weighted by Gasteiger charge is -2.30. The molecule has 1 aromatic carbocycles. The van der Waals surface area contributed by atoms with Crippen LogP contribution < -0.4 is 4.74 Å². The third kappa shape index (κ3) is 4.94. The SMILES string of the molecule is Cc1noc(C)c1S(=O)(=O)N1CCCC(C(=O)OCCOc2ccc(F)cc2)C1. The quantitative estimate of drug-likeness (QED) is 0.495. The second kappa shape index (κ2) is 8.91. The molecule has 0 bridgehead atoms. The molecular formula is C19H23FN2O6S. The smallest absolute Gasteiger partial charge is 0.310 e. The lowest BCUT2D eigenvalue weighted by Crippen LogP contribution is -2.43. The van der Waals surface area contributed by atoms with Crippen LogP contribution in [0.3, 0.4) is 0 Å². The van der Waals surface area contributed by atoms with Crippen LogP contribution in [0.15, 0.2) is 33.7 Å². The molecule has 1 saturated heterocycles. The fraction of sp³-hybridized carbons (Fsp3) is 0.474. The lowest BCUT2D eigenvalue weighted by molar-refractivity contribution is -0.150. The summed E-state index contributed by atoms with van der Waals surface area (Å²) in [6.07, 6.45) is 1.10. The second-order valence-electron chi connectivity index (χ2n) is 6.83. The van der Waals surface area contributed by atoms with Crippen molar-refractivity contribution in [3.63, 3.8) is 0 Å². The zero-order chi connectivity index (χ0) is 21.0. The number of ether oxygens (including phenoxy) is 2. The summed E-state index contributed by atoms with van der Waals surface area (Å²) in [5, 5.41) is 3.70. The molecule has 1 atom stereocenters. The molecule has 29 heavy (non-hydrogen) atoms. The van der Waals surface area contributed by atoms with Crippen LogP contribution in [0.25, 0.3) is 0 Å². The number of hydrogen-bond donors (Lipinski definition) is 0. The van der Waals surface area contributed by atoms with Crippen molar-refractivity contribution >= 4 is 16.0 Å². The van der Waals surface area contributed by atoms with E-state index in [4.69, 9.17) is 14.0 Å². The van der Waals surface area contributed by atoms with Crippen LogP contribution in [-0.2, 0) is 19.6 Å². The van der Waals surface area contributed by atoms with Gasteiger partial charge in [0.2, 0.25) is 10.0 Å². The number of rotatable bonds is 7. The number of piperidine rings is 1. The van der Waals surface area contributed by atoms with Crippen LogP contribution >= 0.6 is 0 Å². The highest BCUT2D eigenvalue weighted by Gasteiger charge is 2.37. The van der Waals surface area contributed by atoms with E-state index in [-0.39, 0.29) is 36.2 Å². The molecule has 8 nitrogen and oxygen atoms in total. The Balaban J connectivity index is 1.53. The van der Waals surface area contributed by atoms with Crippen LogP contribution in [0.4, 0.5) is 4.39 Å². The van der Waals surface area contributed by atoms with Crippen molar-refractivity contribution in [2.75, 3.05) is 26.3 Å². The minimum absolute atomic E-state index is 0.0172. The van der Waals surface area contributed by atoms with Gasteiger partial charge in [-0.1, -0.05) is 5.16 Å². The van der Waals surface area contributed by atoms with E-state index in [0.29, 0.717) is 30.8 Å². The average Bonchev–Trinajstić information content (AvgIpc) is 3.05. The number of nitrogens with zero attached hydrogens (tertiary/aromatic N) is 2. The van der Waals surface area contributed by atoms with Gasteiger partial charge in [0.1, 0.15) is 35.4 Å². The van der Waals surface area contributed by atoms with E-state index in [0.717, 1.165) is 0 Å². The molecule has 1 aliphatic heterocycles. The van der Waals surface area contributed by atoms with E-state index in [1.165, 1.54) is 28.6 Å². The first-order valence-electron chi connectivity index (χ1n) is 9.27. The molecule has 2 heterocycles. The maximum atomic E-state index is 12.9. The first-order chi connectivity index (χ1) is 13.8. The highest BCUT2D eigenvalue weighted by atomic mass is 32.2. The van der Waals surface area contributed by atoms with E-state index in [2.05, 4.69) is 5.16 Å². The molecule has 1 aromatic heterocycles. The molecule has 0 N–H and O–H groups in total. The van der Waals surface area contributed by atoms with Gasteiger partial charge >= 0.3 is 5.97 Å². The topological polar surface area (TPSA) is 98.9 Å². The van der Waals surface area contributed by atoms with Gasteiger partial charge in [0.15, 0.2) is 5.76 Å². The van der Waals surface area contributed by atoms with Gasteiger partial charge in [-0.25, -0.2) is 12.8 Å². The molecule has 1 fully saturated rings. The van der Waals surface area contributed by atoms with E-state index >= 15 is 0 Å². The Morgan fingerprint density at radius 2 is 2.00 bits per heavy atom. The third-order valence-electron chi connectivity index (χ3n) is 4.69. The Labute approximate surface area is 168 Å². The third-order valence-corrected chi connectivity index (χ3v) is 6.80. The maximum absolute atomic E-state index is 12.9. The Kier molecular flexibility index (Phi) is 6.53. The summed E-state index contributed by atoms with van der Waals surface area (Å²) in [7, 11) is -3.80. The monoisotopic (exact) mass is 426 g/mol. The van der Waals surface area contributed by atoms with Gasteiger partial charge in [-0.15, -0.1) is 0 Å². The summed E-state index contributed by atoms with van der Waals surface area (Å²) in [6, 6.07) is 5.51. The normalized spacial score (nSPS) is 17.8. The van der Waals surface area contributed by atoms with Crippen molar-refractivity contribution in [1.29, 1.82) is 0 Å². The van der Waals surface area contributed by atoms with Crippen molar-refractivity contribution in [1.82, 2.24) is 9.46 Å². The predicted octanol–water partition coefficient (Wildman–Crippen LogP) is 2.45. The summed E-state index contributed by atoms with van der Waals surface area (Å²) in [6.45, 7) is 3.62. The first kappa shape index (κ1) is 21.3. The van der Waals surface area contributed by atoms with Crippen LogP contribution in [-0.4, -0.2) is 50.2 Å². The van der Waals surface area contributed by atoms with Crippen LogP contribution in [0.5, 0.6) is 5.75 Å². The molecule has 0 saturated carbocycles. The van der Waals surface area contributed by atoms with Gasteiger partial charge in [-0.2, -0.15) is 4.31 Å².